The van der Waals surface area contributed by atoms with Gasteiger partial charge in [0.2, 0.25) is 0 Å². The number of amides is 1. The summed E-state index contributed by atoms with van der Waals surface area (Å²) in [6.45, 7) is 3.44. The van der Waals surface area contributed by atoms with E-state index in [-0.39, 0.29) is 17.2 Å². The fourth-order valence-corrected chi connectivity index (χ4v) is 1.34. The Kier molecular flexibility index (Phi) is 4.72. The van der Waals surface area contributed by atoms with Crippen LogP contribution >= 0.6 is 0 Å². The molecule has 5 nitrogen and oxygen atoms in total. The van der Waals surface area contributed by atoms with Crippen LogP contribution in [0.5, 0.6) is 5.75 Å². The van der Waals surface area contributed by atoms with E-state index in [0.717, 1.165) is 0 Å². The number of methoxy groups -OCH3 is 1. The van der Waals surface area contributed by atoms with Crippen molar-refractivity contribution in [1.82, 2.24) is 9.88 Å². The van der Waals surface area contributed by atoms with Crippen molar-refractivity contribution in [1.29, 1.82) is 0 Å². The SMILES string of the molecule is CCN(CCOC)C(=O)c1ccncc1O. The number of carbonyl (C=O) groups is 1. The van der Waals surface area contributed by atoms with Crippen molar-refractivity contribution in [3.05, 3.63) is 24.0 Å². The Morgan fingerprint density at radius 3 is 2.94 bits per heavy atom. The Bertz CT molecular complexity index is 355. The van der Waals surface area contributed by atoms with Gasteiger partial charge in [-0.05, 0) is 13.0 Å². The third kappa shape index (κ3) is 2.93. The first-order valence-corrected chi connectivity index (χ1v) is 5.11. The summed E-state index contributed by atoms with van der Waals surface area (Å²) in [5.41, 5.74) is 0.271. The third-order valence-corrected chi connectivity index (χ3v) is 2.26. The van der Waals surface area contributed by atoms with E-state index in [1.165, 1.54) is 18.5 Å². The molecule has 0 saturated heterocycles. The summed E-state index contributed by atoms with van der Waals surface area (Å²) < 4.78 is 4.92. The molecule has 0 aliphatic heterocycles. The van der Waals surface area contributed by atoms with Crippen molar-refractivity contribution < 1.29 is 14.6 Å². The molecule has 0 spiro atoms. The Hall–Kier alpha value is -1.62. The minimum Gasteiger partial charge on any atom is -0.505 e. The maximum Gasteiger partial charge on any atom is 0.257 e. The maximum absolute atomic E-state index is 12.0. The zero-order valence-corrected chi connectivity index (χ0v) is 9.51. The van der Waals surface area contributed by atoms with Crippen LogP contribution in [0.15, 0.2) is 18.5 Å². The van der Waals surface area contributed by atoms with Crippen molar-refractivity contribution in [2.45, 2.75) is 6.92 Å². The smallest absolute Gasteiger partial charge is 0.257 e. The van der Waals surface area contributed by atoms with Crippen LogP contribution in [-0.4, -0.2) is 47.7 Å². The molecular formula is C11H16N2O3. The lowest BCUT2D eigenvalue weighted by atomic mass is 10.2. The Morgan fingerprint density at radius 2 is 2.38 bits per heavy atom. The molecule has 0 aliphatic carbocycles. The number of pyridine rings is 1. The van der Waals surface area contributed by atoms with E-state index in [4.69, 9.17) is 4.74 Å². The molecule has 0 aliphatic rings. The van der Waals surface area contributed by atoms with E-state index in [0.29, 0.717) is 19.7 Å². The van der Waals surface area contributed by atoms with E-state index >= 15 is 0 Å². The molecule has 1 N–H and O–H groups in total. The number of rotatable bonds is 5. The lowest BCUT2D eigenvalue weighted by Crippen LogP contribution is -2.33. The highest BCUT2D eigenvalue weighted by atomic mass is 16.5. The molecule has 1 aromatic rings. The van der Waals surface area contributed by atoms with Gasteiger partial charge < -0.3 is 14.7 Å². The molecule has 1 amide bonds. The molecule has 0 aromatic carbocycles. The average molecular weight is 224 g/mol. The molecule has 0 unspecified atom stereocenters. The van der Waals surface area contributed by atoms with Gasteiger partial charge in [0.05, 0.1) is 18.4 Å². The van der Waals surface area contributed by atoms with Gasteiger partial charge in [-0.25, -0.2) is 0 Å². The number of aromatic hydroxyl groups is 1. The van der Waals surface area contributed by atoms with Crippen molar-refractivity contribution in [2.24, 2.45) is 0 Å². The predicted molar refractivity (Wildman–Crippen MR) is 59.4 cm³/mol. The first-order chi connectivity index (χ1) is 7.70. The highest BCUT2D eigenvalue weighted by molar-refractivity contribution is 5.96. The first kappa shape index (κ1) is 12.4. The van der Waals surface area contributed by atoms with Crippen LogP contribution in [0.4, 0.5) is 0 Å². The van der Waals surface area contributed by atoms with Gasteiger partial charge in [-0.2, -0.15) is 0 Å². The zero-order chi connectivity index (χ0) is 12.0. The average Bonchev–Trinajstić information content (AvgIpc) is 2.30. The molecule has 0 atom stereocenters. The summed E-state index contributed by atoms with van der Waals surface area (Å²) in [6.07, 6.45) is 2.74. The van der Waals surface area contributed by atoms with Gasteiger partial charge in [0.25, 0.3) is 5.91 Å². The molecule has 1 aromatic heterocycles. The highest BCUT2D eigenvalue weighted by Crippen LogP contribution is 2.16. The molecule has 5 heteroatoms. The Labute approximate surface area is 94.7 Å². The van der Waals surface area contributed by atoms with E-state index in [9.17, 15) is 9.90 Å². The number of hydrogen-bond acceptors (Lipinski definition) is 4. The van der Waals surface area contributed by atoms with Crippen LogP contribution in [0.1, 0.15) is 17.3 Å². The van der Waals surface area contributed by atoms with E-state index < -0.39 is 0 Å². The summed E-state index contributed by atoms with van der Waals surface area (Å²) in [7, 11) is 1.59. The predicted octanol–water partition coefficient (Wildman–Crippen LogP) is 0.896. The van der Waals surface area contributed by atoms with E-state index in [1.807, 2.05) is 6.92 Å². The molecule has 0 fully saturated rings. The minimum atomic E-state index is -0.209. The van der Waals surface area contributed by atoms with Gasteiger partial charge in [0.15, 0.2) is 0 Å². The third-order valence-electron chi connectivity index (χ3n) is 2.26. The van der Waals surface area contributed by atoms with Crippen LogP contribution in [-0.2, 0) is 4.74 Å². The highest BCUT2D eigenvalue weighted by Gasteiger charge is 2.16. The van der Waals surface area contributed by atoms with Gasteiger partial charge >= 0.3 is 0 Å². The second-order valence-corrected chi connectivity index (χ2v) is 3.27. The summed E-state index contributed by atoms with van der Waals surface area (Å²) in [5.74, 6) is -0.303. The minimum absolute atomic E-state index is 0.0941. The summed E-state index contributed by atoms with van der Waals surface area (Å²) in [4.78, 5) is 17.3. The number of nitrogens with zero attached hydrogens (tertiary/aromatic N) is 2. The first-order valence-electron chi connectivity index (χ1n) is 5.11. The van der Waals surface area contributed by atoms with Crippen molar-refractivity contribution >= 4 is 5.91 Å². The summed E-state index contributed by atoms with van der Waals surface area (Å²) in [5, 5.41) is 9.51. The molecule has 0 radical (unpaired) electrons. The number of ether oxygens (including phenoxy) is 1. The van der Waals surface area contributed by atoms with Gasteiger partial charge in [-0.3, -0.25) is 9.78 Å². The summed E-state index contributed by atoms with van der Waals surface area (Å²) in [6, 6.07) is 1.51. The van der Waals surface area contributed by atoms with Crippen LogP contribution in [0, 0.1) is 0 Å². The number of carbonyl (C=O) groups excluding carboxylic acids is 1. The Morgan fingerprint density at radius 1 is 1.62 bits per heavy atom. The van der Waals surface area contributed by atoms with Crippen LogP contribution in [0.3, 0.4) is 0 Å². The van der Waals surface area contributed by atoms with Gasteiger partial charge in [0, 0.05) is 26.4 Å². The normalized spacial score (nSPS) is 10.1. The zero-order valence-electron chi connectivity index (χ0n) is 9.51. The van der Waals surface area contributed by atoms with Crippen LogP contribution in [0.2, 0.25) is 0 Å². The molecular weight excluding hydrogens is 208 g/mol. The molecule has 1 rings (SSSR count). The number of hydrogen-bond donors (Lipinski definition) is 1. The molecule has 0 bridgehead atoms. The van der Waals surface area contributed by atoms with Gasteiger partial charge in [0.1, 0.15) is 5.75 Å². The fourth-order valence-electron chi connectivity index (χ4n) is 1.34. The molecule has 88 valence electrons. The maximum atomic E-state index is 12.0. The van der Waals surface area contributed by atoms with E-state index in [2.05, 4.69) is 4.98 Å². The lowest BCUT2D eigenvalue weighted by Gasteiger charge is -2.20. The van der Waals surface area contributed by atoms with Crippen LogP contribution in [0.25, 0.3) is 0 Å². The van der Waals surface area contributed by atoms with Crippen molar-refractivity contribution in [3.63, 3.8) is 0 Å². The lowest BCUT2D eigenvalue weighted by molar-refractivity contribution is 0.0703. The Balaban J connectivity index is 2.79. The van der Waals surface area contributed by atoms with Crippen LogP contribution < -0.4 is 0 Å². The monoisotopic (exact) mass is 224 g/mol. The second kappa shape index (κ2) is 6.07. The van der Waals surface area contributed by atoms with Crippen molar-refractivity contribution in [2.75, 3.05) is 26.8 Å². The topological polar surface area (TPSA) is 62.7 Å². The van der Waals surface area contributed by atoms with Gasteiger partial charge in [-0.15, -0.1) is 0 Å². The van der Waals surface area contributed by atoms with Gasteiger partial charge in [-0.1, -0.05) is 0 Å². The molecule has 0 saturated carbocycles. The largest absolute Gasteiger partial charge is 0.505 e. The quantitative estimate of drug-likeness (QED) is 0.807. The molecule has 1 heterocycles. The number of likely N-dealkylation sites (N-methyl/N-ethyl adjacent to an activating group) is 1. The van der Waals surface area contributed by atoms with E-state index in [1.54, 1.807) is 12.0 Å². The molecule has 16 heavy (non-hydrogen) atoms. The second-order valence-electron chi connectivity index (χ2n) is 3.27. The number of aromatic nitrogens is 1. The standard InChI is InChI=1S/C11H16N2O3/c1-3-13(6-7-16-2)11(15)9-4-5-12-8-10(9)14/h4-5,8,14H,3,6-7H2,1-2H3. The van der Waals surface area contributed by atoms with Crippen molar-refractivity contribution in [3.8, 4) is 5.75 Å². The summed E-state index contributed by atoms with van der Waals surface area (Å²) >= 11 is 0. The fraction of sp³-hybridized carbons (Fsp3) is 0.455.